The lowest BCUT2D eigenvalue weighted by Gasteiger charge is -2.28. The first-order chi connectivity index (χ1) is 14.7. The van der Waals surface area contributed by atoms with E-state index in [-0.39, 0.29) is 39.1 Å². The van der Waals surface area contributed by atoms with Gasteiger partial charge in [0.15, 0.2) is 0 Å². The third-order valence-electron chi connectivity index (χ3n) is 4.84. The van der Waals surface area contributed by atoms with Gasteiger partial charge in [0.2, 0.25) is 5.91 Å². The lowest BCUT2D eigenvalue weighted by atomic mass is 9.92. The van der Waals surface area contributed by atoms with Crippen molar-refractivity contribution >= 4 is 51.5 Å². The molecule has 10 heteroatoms. The van der Waals surface area contributed by atoms with Crippen molar-refractivity contribution in [3.63, 3.8) is 0 Å². The summed E-state index contributed by atoms with van der Waals surface area (Å²) in [5, 5.41) is 23.8. The summed E-state index contributed by atoms with van der Waals surface area (Å²) in [6.07, 6.45) is 0. The Balaban J connectivity index is 1.99. The van der Waals surface area contributed by atoms with Gasteiger partial charge in [-0.1, -0.05) is 12.1 Å². The molecule has 0 bridgehead atoms. The van der Waals surface area contributed by atoms with Gasteiger partial charge in [0, 0.05) is 30.0 Å². The smallest absolute Gasteiger partial charge is 0.335 e. The number of non-ortho nitro benzene ring substituents is 1. The first-order valence-corrected chi connectivity index (χ1v) is 8.94. The quantitative estimate of drug-likeness (QED) is 0.375. The molecule has 154 valence electrons. The number of nitro benzene ring substituents is 1. The molecule has 4 rings (SSSR count). The zero-order valence-corrected chi connectivity index (χ0v) is 15.9. The number of aromatic carboxylic acids is 1. The minimum absolute atomic E-state index is 0.0419. The van der Waals surface area contributed by atoms with Crippen LogP contribution >= 0.6 is 0 Å². The summed E-state index contributed by atoms with van der Waals surface area (Å²) in [7, 11) is 0. The molecule has 0 radical (unpaired) electrons. The van der Waals surface area contributed by atoms with Crippen LogP contribution in [-0.4, -0.2) is 33.7 Å². The van der Waals surface area contributed by atoms with Gasteiger partial charge in [-0.25, -0.2) is 9.69 Å². The molecule has 3 amide bonds. The first-order valence-electron chi connectivity index (χ1n) is 8.94. The van der Waals surface area contributed by atoms with Crippen LogP contribution in [0.1, 0.15) is 38.0 Å². The second-order valence-electron chi connectivity index (χ2n) is 6.82. The average molecular weight is 419 g/mol. The van der Waals surface area contributed by atoms with E-state index in [1.54, 1.807) is 6.07 Å². The highest BCUT2D eigenvalue weighted by molar-refractivity contribution is 6.36. The highest BCUT2D eigenvalue weighted by Crippen LogP contribution is 2.38. The summed E-state index contributed by atoms with van der Waals surface area (Å²) in [6, 6.07) is 10.5. The highest BCUT2D eigenvalue weighted by Gasteiger charge is 2.37. The van der Waals surface area contributed by atoms with Crippen LogP contribution in [-0.2, 0) is 4.79 Å². The monoisotopic (exact) mass is 419 g/mol. The van der Waals surface area contributed by atoms with Crippen molar-refractivity contribution in [2.75, 3.05) is 10.2 Å². The number of anilines is 2. The van der Waals surface area contributed by atoms with Gasteiger partial charge in [-0.05, 0) is 29.7 Å². The second-order valence-corrected chi connectivity index (χ2v) is 6.82. The normalized spacial score (nSPS) is 12.7. The van der Waals surface area contributed by atoms with Crippen molar-refractivity contribution in [3.8, 4) is 0 Å². The van der Waals surface area contributed by atoms with E-state index < -0.39 is 28.6 Å². The summed E-state index contributed by atoms with van der Waals surface area (Å²) < 4.78 is 0. The number of hydrogen-bond acceptors (Lipinski definition) is 6. The minimum atomic E-state index is -1.30. The summed E-state index contributed by atoms with van der Waals surface area (Å²) in [5.41, 5.74) is -0.610. The Morgan fingerprint density at radius 1 is 1.03 bits per heavy atom. The Labute approximate surface area is 173 Å². The van der Waals surface area contributed by atoms with Gasteiger partial charge in [-0.2, -0.15) is 0 Å². The van der Waals surface area contributed by atoms with E-state index in [1.807, 2.05) is 0 Å². The summed E-state index contributed by atoms with van der Waals surface area (Å²) >= 11 is 0. The minimum Gasteiger partial charge on any atom is -0.478 e. The third kappa shape index (κ3) is 3.15. The van der Waals surface area contributed by atoms with Gasteiger partial charge in [0.1, 0.15) is 0 Å². The van der Waals surface area contributed by atoms with Crippen LogP contribution in [0, 0.1) is 10.1 Å². The van der Waals surface area contributed by atoms with Crippen molar-refractivity contribution < 1.29 is 29.2 Å². The molecule has 1 heterocycles. The molecule has 0 aromatic heterocycles. The summed E-state index contributed by atoms with van der Waals surface area (Å²) in [4.78, 5) is 61.1. The predicted octanol–water partition coefficient (Wildman–Crippen LogP) is 3.21. The highest BCUT2D eigenvalue weighted by atomic mass is 16.6. The van der Waals surface area contributed by atoms with Crippen LogP contribution < -0.4 is 10.2 Å². The van der Waals surface area contributed by atoms with Crippen LogP contribution in [0.15, 0.2) is 48.5 Å². The van der Waals surface area contributed by atoms with Crippen LogP contribution in [0.4, 0.5) is 17.1 Å². The predicted molar refractivity (Wildman–Crippen MR) is 109 cm³/mol. The molecule has 1 aliphatic rings. The molecule has 2 N–H and O–H groups in total. The van der Waals surface area contributed by atoms with Crippen molar-refractivity contribution in [2.24, 2.45) is 0 Å². The van der Waals surface area contributed by atoms with Crippen LogP contribution in [0.5, 0.6) is 0 Å². The molecule has 10 nitrogen and oxygen atoms in total. The molecule has 0 atom stereocenters. The topological polar surface area (TPSA) is 147 Å². The van der Waals surface area contributed by atoms with E-state index in [2.05, 4.69) is 5.32 Å². The average Bonchev–Trinajstić information content (AvgIpc) is 2.72. The zero-order chi connectivity index (χ0) is 22.4. The fourth-order valence-electron chi connectivity index (χ4n) is 3.56. The Morgan fingerprint density at radius 3 is 2.39 bits per heavy atom. The largest absolute Gasteiger partial charge is 0.478 e. The molecule has 0 aliphatic carbocycles. The molecule has 0 spiro atoms. The van der Waals surface area contributed by atoms with Gasteiger partial charge in [0.05, 0.1) is 27.4 Å². The maximum atomic E-state index is 13.3. The number of nitrogens with one attached hydrogen (secondary N) is 1. The number of benzene rings is 3. The number of rotatable bonds is 4. The van der Waals surface area contributed by atoms with E-state index in [4.69, 9.17) is 0 Å². The number of carboxylic acids is 1. The number of carbonyl (C=O) groups is 4. The Morgan fingerprint density at radius 2 is 1.74 bits per heavy atom. The fraction of sp³-hybridized carbons (Fsp3) is 0.0476. The maximum absolute atomic E-state index is 13.3. The molecule has 3 aromatic rings. The van der Waals surface area contributed by atoms with Crippen LogP contribution in [0.25, 0.3) is 10.8 Å². The third-order valence-corrected chi connectivity index (χ3v) is 4.84. The molecular weight excluding hydrogens is 406 g/mol. The van der Waals surface area contributed by atoms with Crippen LogP contribution in [0.3, 0.4) is 0 Å². The molecule has 3 aromatic carbocycles. The van der Waals surface area contributed by atoms with E-state index >= 15 is 0 Å². The van der Waals surface area contributed by atoms with Gasteiger partial charge >= 0.3 is 5.97 Å². The lowest BCUT2D eigenvalue weighted by molar-refractivity contribution is -0.384. The van der Waals surface area contributed by atoms with Gasteiger partial charge in [0.25, 0.3) is 17.5 Å². The number of imide groups is 1. The number of carbonyl (C=O) groups excluding carboxylic acids is 3. The SMILES string of the molecule is CC(=O)Nc1ccc(C(=O)O)cc1N1C(=O)c2cccc3cc([N+](=O)[O-])cc(c23)C1=O. The lowest BCUT2D eigenvalue weighted by Crippen LogP contribution is -2.41. The Hall–Kier alpha value is -4.60. The summed E-state index contributed by atoms with van der Waals surface area (Å²) in [6.45, 7) is 1.22. The first kappa shape index (κ1) is 19.7. The maximum Gasteiger partial charge on any atom is 0.335 e. The fourth-order valence-corrected chi connectivity index (χ4v) is 3.56. The second kappa shape index (κ2) is 7.02. The molecule has 0 unspecified atom stereocenters. The van der Waals surface area contributed by atoms with E-state index in [0.29, 0.717) is 5.39 Å². The molecule has 31 heavy (non-hydrogen) atoms. The van der Waals surface area contributed by atoms with E-state index in [9.17, 15) is 34.4 Å². The molecule has 0 saturated heterocycles. The van der Waals surface area contributed by atoms with E-state index in [1.165, 1.54) is 37.3 Å². The van der Waals surface area contributed by atoms with Crippen molar-refractivity contribution in [1.82, 2.24) is 0 Å². The molecule has 1 aliphatic heterocycles. The molecule has 0 fully saturated rings. The Bertz CT molecular complexity index is 1350. The van der Waals surface area contributed by atoms with Gasteiger partial charge < -0.3 is 10.4 Å². The Kier molecular flexibility index (Phi) is 4.46. The number of nitrogens with zero attached hydrogens (tertiary/aromatic N) is 2. The number of nitro groups is 1. The molecular formula is C21H13N3O7. The molecule has 0 saturated carbocycles. The van der Waals surface area contributed by atoms with Crippen LogP contribution in [0.2, 0.25) is 0 Å². The van der Waals surface area contributed by atoms with Crippen molar-refractivity contribution in [2.45, 2.75) is 6.92 Å². The zero-order valence-electron chi connectivity index (χ0n) is 15.9. The van der Waals surface area contributed by atoms with Gasteiger partial charge in [-0.3, -0.25) is 24.5 Å². The van der Waals surface area contributed by atoms with Crippen molar-refractivity contribution in [1.29, 1.82) is 0 Å². The van der Waals surface area contributed by atoms with Crippen molar-refractivity contribution in [3.05, 3.63) is 75.3 Å². The summed E-state index contributed by atoms with van der Waals surface area (Å²) in [5.74, 6) is -3.41. The standard InChI is InChI=1S/C21H13N3O7/c1-10(25)22-16-6-5-12(21(28)29)8-17(16)23-19(26)14-4-2-3-11-7-13(24(30)31)9-15(18(11)14)20(23)27/h2-9H,1H3,(H,22,25)(H,28,29). The van der Waals surface area contributed by atoms with Gasteiger partial charge in [-0.15, -0.1) is 0 Å². The van der Waals surface area contributed by atoms with E-state index in [0.717, 1.165) is 17.0 Å². The number of amides is 3. The number of carboxylic acid groups (broad SMARTS) is 1. The number of hydrogen-bond donors (Lipinski definition) is 2.